The smallest absolute Gasteiger partial charge is 0.295 e. The normalized spacial score (nSPS) is 10.3. The number of nitrogens with zero attached hydrogens (tertiary/aromatic N) is 1. The summed E-state index contributed by atoms with van der Waals surface area (Å²) < 4.78 is 10.2. The number of rotatable bonds is 6. The lowest BCUT2D eigenvalue weighted by atomic mass is 10.1. The third kappa shape index (κ3) is 3.16. The number of aromatic nitrogens is 2. The number of benzene rings is 1. The van der Waals surface area contributed by atoms with Crippen molar-refractivity contribution in [2.45, 2.75) is 13.2 Å². The van der Waals surface area contributed by atoms with Gasteiger partial charge in [-0.05, 0) is 11.1 Å². The molecule has 1 aromatic heterocycles. The molecule has 0 bridgehead atoms. The van der Waals surface area contributed by atoms with E-state index in [4.69, 9.17) is 9.47 Å². The van der Waals surface area contributed by atoms with Gasteiger partial charge in [-0.15, -0.1) is 0 Å². The Labute approximate surface area is 116 Å². The van der Waals surface area contributed by atoms with Crippen LogP contribution in [-0.2, 0) is 17.9 Å². The van der Waals surface area contributed by atoms with Crippen molar-refractivity contribution < 1.29 is 9.47 Å². The van der Waals surface area contributed by atoms with Gasteiger partial charge in [-0.3, -0.25) is 4.79 Å². The maximum atomic E-state index is 11.6. The number of anilines is 1. The summed E-state index contributed by atoms with van der Waals surface area (Å²) in [5.74, 6) is 0.597. The predicted octanol–water partition coefficient (Wildman–Crippen LogP) is 1.54. The Morgan fingerprint density at radius 3 is 2.70 bits per heavy atom. The first-order chi connectivity index (χ1) is 9.76. The van der Waals surface area contributed by atoms with E-state index in [1.165, 1.54) is 13.4 Å². The Bertz CT molecular complexity index is 625. The van der Waals surface area contributed by atoms with Crippen molar-refractivity contribution in [3.8, 4) is 5.75 Å². The molecule has 1 aromatic carbocycles. The van der Waals surface area contributed by atoms with E-state index in [1.54, 1.807) is 7.11 Å². The molecule has 0 unspecified atom stereocenters. The van der Waals surface area contributed by atoms with Crippen molar-refractivity contribution in [3.05, 3.63) is 52.1 Å². The molecule has 0 fully saturated rings. The minimum atomic E-state index is -0.310. The largest absolute Gasteiger partial charge is 0.489 e. The lowest BCUT2D eigenvalue weighted by Gasteiger charge is -2.11. The molecule has 2 rings (SSSR count). The van der Waals surface area contributed by atoms with Crippen LogP contribution in [0, 0.1) is 0 Å². The molecule has 0 aliphatic carbocycles. The Kier molecular flexibility index (Phi) is 4.73. The Hall–Kier alpha value is -2.34. The average molecular weight is 275 g/mol. The van der Waals surface area contributed by atoms with Crippen LogP contribution < -0.4 is 15.6 Å². The molecule has 0 atom stereocenters. The minimum Gasteiger partial charge on any atom is -0.489 e. The maximum absolute atomic E-state index is 11.6. The fourth-order valence-electron chi connectivity index (χ4n) is 1.91. The van der Waals surface area contributed by atoms with Crippen LogP contribution in [0.3, 0.4) is 0 Å². The Morgan fingerprint density at radius 1 is 1.25 bits per heavy atom. The first-order valence-electron chi connectivity index (χ1n) is 6.17. The first kappa shape index (κ1) is 14.1. The van der Waals surface area contributed by atoms with Crippen molar-refractivity contribution in [1.82, 2.24) is 9.97 Å². The van der Waals surface area contributed by atoms with E-state index in [9.17, 15) is 4.79 Å². The summed E-state index contributed by atoms with van der Waals surface area (Å²) in [7, 11) is 3.10. The van der Waals surface area contributed by atoms with Crippen LogP contribution in [-0.4, -0.2) is 24.2 Å². The van der Waals surface area contributed by atoms with Crippen LogP contribution in [0.4, 0.5) is 5.82 Å². The first-order valence-corrected chi connectivity index (χ1v) is 6.17. The second kappa shape index (κ2) is 6.72. The topological polar surface area (TPSA) is 76.2 Å². The molecule has 0 saturated carbocycles. The monoisotopic (exact) mass is 275 g/mol. The molecule has 0 aliphatic heterocycles. The van der Waals surface area contributed by atoms with Gasteiger partial charge >= 0.3 is 0 Å². The summed E-state index contributed by atoms with van der Waals surface area (Å²) in [6.45, 7) is 1.07. The number of hydrogen-bond donors (Lipinski definition) is 2. The van der Waals surface area contributed by atoms with Crippen molar-refractivity contribution in [2.75, 3.05) is 19.5 Å². The SMILES string of the molecule is COCc1ccccc1CNc1nc[nH]c(=O)c1OC. The molecule has 0 radical (unpaired) electrons. The highest BCUT2D eigenvalue weighted by Gasteiger charge is 2.09. The quantitative estimate of drug-likeness (QED) is 0.836. The van der Waals surface area contributed by atoms with E-state index < -0.39 is 0 Å². The predicted molar refractivity (Wildman–Crippen MR) is 75.9 cm³/mol. The Balaban J connectivity index is 2.17. The third-order valence-electron chi connectivity index (χ3n) is 2.88. The molecule has 0 spiro atoms. The van der Waals surface area contributed by atoms with Crippen LogP contribution in [0.2, 0.25) is 0 Å². The van der Waals surface area contributed by atoms with Crippen molar-refractivity contribution in [2.24, 2.45) is 0 Å². The van der Waals surface area contributed by atoms with E-state index >= 15 is 0 Å². The molecule has 0 amide bonds. The number of methoxy groups -OCH3 is 2. The zero-order valence-corrected chi connectivity index (χ0v) is 11.5. The molecule has 6 heteroatoms. The molecule has 0 saturated heterocycles. The van der Waals surface area contributed by atoms with Crippen LogP contribution in [0.1, 0.15) is 11.1 Å². The van der Waals surface area contributed by atoms with Gasteiger partial charge in [-0.2, -0.15) is 0 Å². The van der Waals surface area contributed by atoms with Crippen molar-refractivity contribution >= 4 is 5.82 Å². The number of H-pyrrole nitrogens is 1. The second-order valence-corrected chi connectivity index (χ2v) is 4.17. The maximum Gasteiger partial charge on any atom is 0.295 e. The van der Waals surface area contributed by atoms with E-state index in [2.05, 4.69) is 15.3 Å². The molecule has 6 nitrogen and oxygen atoms in total. The van der Waals surface area contributed by atoms with Crippen LogP contribution >= 0.6 is 0 Å². The van der Waals surface area contributed by atoms with Gasteiger partial charge in [-0.25, -0.2) is 4.98 Å². The molecule has 0 aliphatic rings. The molecular weight excluding hydrogens is 258 g/mol. The summed E-state index contributed by atoms with van der Waals surface area (Å²) in [4.78, 5) is 18.1. The van der Waals surface area contributed by atoms with E-state index in [0.717, 1.165) is 11.1 Å². The van der Waals surface area contributed by atoms with Crippen LogP contribution in [0.25, 0.3) is 0 Å². The van der Waals surface area contributed by atoms with E-state index in [-0.39, 0.29) is 11.3 Å². The van der Waals surface area contributed by atoms with Gasteiger partial charge in [0.15, 0.2) is 5.82 Å². The lowest BCUT2D eigenvalue weighted by Crippen LogP contribution is -2.14. The summed E-state index contributed by atoms with van der Waals surface area (Å²) >= 11 is 0. The second-order valence-electron chi connectivity index (χ2n) is 4.17. The highest BCUT2D eigenvalue weighted by atomic mass is 16.5. The van der Waals surface area contributed by atoms with Gasteiger partial charge in [0.2, 0.25) is 5.75 Å². The molecule has 2 aromatic rings. The van der Waals surface area contributed by atoms with Gasteiger partial charge in [0.1, 0.15) is 0 Å². The average Bonchev–Trinajstić information content (AvgIpc) is 2.47. The summed E-state index contributed by atoms with van der Waals surface area (Å²) in [5, 5.41) is 3.11. The Morgan fingerprint density at radius 2 is 2.00 bits per heavy atom. The molecule has 2 N–H and O–H groups in total. The van der Waals surface area contributed by atoms with Gasteiger partial charge in [0.25, 0.3) is 5.56 Å². The highest BCUT2D eigenvalue weighted by Crippen LogP contribution is 2.17. The minimum absolute atomic E-state index is 0.178. The fraction of sp³-hybridized carbons (Fsp3) is 0.286. The van der Waals surface area contributed by atoms with E-state index in [1.807, 2.05) is 24.3 Å². The zero-order chi connectivity index (χ0) is 14.4. The third-order valence-corrected chi connectivity index (χ3v) is 2.88. The fourth-order valence-corrected chi connectivity index (χ4v) is 1.91. The number of aromatic amines is 1. The highest BCUT2D eigenvalue weighted by molar-refractivity contribution is 5.48. The number of nitrogens with one attached hydrogen (secondary N) is 2. The number of hydrogen-bond acceptors (Lipinski definition) is 5. The van der Waals surface area contributed by atoms with Crippen molar-refractivity contribution in [3.63, 3.8) is 0 Å². The molecular formula is C14H17N3O3. The standard InChI is InChI=1S/C14H17N3O3/c1-19-8-11-6-4-3-5-10(11)7-15-13-12(20-2)14(18)17-9-16-13/h3-6,9H,7-8H2,1-2H3,(H2,15,16,17,18). The summed E-state index contributed by atoms with van der Waals surface area (Å²) in [5.41, 5.74) is 1.86. The molecule has 20 heavy (non-hydrogen) atoms. The summed E-state index contributed by atoms with van der Waals surface area (Å²) in [6.07, 6.45) is 1.34. The van der Waals surface area contributed by atoms with Crippen LogP contribution in [0.5, 0.6) is 5.75 Å². The van der Waals surface area contributed by atoms with Gasteiger partial charge in [0.05, 0.1) is 20.0 Å². The van der Waals surface area contributed by atoms with Gasteiger partial charge < -0.3 is 19.8 Å². The molecule has 106 valence electrons. The summed E-state index contributed by atoms with van der Waals surface area (Å²) in [6, 6.07) is 7.92. The van der Waals surface area contributed by atoms with E-state index in [0.29, 0.717) is 19.0 Å². The van der Waals surface area contributed by atoms with Gasteiger partial charge in [-0.1, -0.05) is 24.3 Å². The number of ether oxygens (including phenoxy) is 2. The van der Waals surface area contributed by atoms with Crippen molar-refractivity contribution in [1.29, 1.82) is 0 Å². The van der Waals surface area contributed by atoms with Crippen LogP contribution in [0.15, 0.2) is 35.4 Å². The van der Waals surface area contributed by atoms with Gasteiger partial charge in [0, 0.05) is 13.7 Å². The lowest BCUT2D eigenvalue weighted by molar-refractivity contribution is 0.184. The zero-order valence-electron chi connectivity index (χ0n) is 11.5. The molecule has 1 heterocycles.